The van der Waals surface area contributed by atoms with E-state index in [1.807, 2.05) is 0 Å². The molecule has 1 aliphatic heterocycles. The molecule has 4 nitrogen and oxygen atoms in total. The Bertz CT molecular complexity index is 208. The summed E-state index contributed by atoms with van der Waals surface area (Å²) in [6, 6.07) is 0. The predicted molar refractivity (Wildman–Crippen MR) is 57.6 cm³/mol. The summed E-state index contributed by atoms with van der Waals surface area (Å²) in [7, 11) is 0. The zero-order chi connectivity index (χ0) is 11.3. The normalized spacial score (nSPS) is 25.7. The summed E-state index contributed by atoms with van der Waals surface area (Å²) in [6.45, 7) is 5.38. The third-order valence-corrected chi connectivity index (χ3v) is 2.86. The fraction of sp³-hybridized carbons (Fsp3) is 0.909. The highest BCUT2D eigenvalue weighted by Gasteiger charge is 2.33. The van der Waals surface area contributed by atoms with Gasteiger partial charge in [-0.1, -0.05) is 19.8 Å². The molecule has 1 fully saturated rings. The van der Waals surface area contributed by atoms with Crippen LogP contribution < -0.4 is 0 Å². The van der Waals surface area contributed by atoms with Crippen LogP contribution in [0.1, 0.15) is 33.1 Å². The Morgan fingerprint density at radius 1 is 1.47 bits per heavy atom. The van der Waals surface area contributed by atoms with Crippen LogP contribution >= 0.6 is 0 Å². The largest absolute Gasteiger partial charge is 0.450 e. The van der Waals surface area contributed by atoms with Crippen molar-refractivity contribution in [1.82, 2.24) is 4.90 Å². The summed E-state index contributed by atoms with van der Waals surface area (Å²) in [6.07, 6.45) is 2.56. The van der Waals surface area contributed by atoms with E-state index in [0.29, 0.717) is 19.7 Å². The van der Waals surface area contributed by atoms with E-state index in [1.54, 1.807) is 11.8 Å². The lowest BCUT2D eigenvalue weighted by Crippen LogP contribution is -2.30. The highest BCUT2D eigenvalue weighted by molar-refractivity contribution is 5.68. The molecule has 0 bridgehead atoms. The highest BCUT2D eigenvalue weighted by Crippen LogP contribution is 2.22. The summed E-state index contributed by atoms with van der Waals surface area (Å²) in [5, 5.41) is 9.75. The number of amides is 1. The lowest BCUT2D eigenvalue weighted by Gasteiger charge is -2.14. The van der Waals surface area contributed by atoms with Gasteiger partial charge in [-0.05, 0) is 13.3 Å². The second-order valence-electron chi connectivity index (χ2n) is 4.07. The molecule has 15 heavy (non-hydrogen) atoms. The number of aliphatic hydroxyl groups excluding tert-OH is 1. The number of unbranched alkanes of at least 4 members (excludes halogenated alkanes) is 1. The fourth-order valence-electron chi connectivity index (χ4n) is 1.97. The zero-order valence-corrected chi connectivity index (χ0v) is 9.61. The van der Waals surface area contributed by atoms with Gasteiger partial charge in [0.15, 0.2) is 0 Å². The van der Waals surface area contributed by atoms with Crippen molar-refractivity contribution in [3.05, 3.63) is 0 Å². The van der Waals surface area contributed by atoms with Gasteiger partial charge < -0.3 is 14.7 Å². The van der Waals surface area contributed by atoms with Crippen LogP contribution in [0.25, 0.3) is 0 Å². The minimum atomic E-state index is -0.374. The number of carbonyl (C=O) groups excluding carboxylic acids is 1. The molecule has 0 spiro atoms. The van der Waals surface area contributed by atoms with Crippen molar-refractivity contribution < 1.29 is 14.6 Å². The average molecular weight is 215 g/mol. The van der Waals surface area contributed by atoms with E-state index in [9.17, 15) is 9.90 Å². The maximum Gasteiger partial charge on any atom is 0.409 e. The molecule has 1 aliphatic rings. The van der Waals surface area contributed by atoms with Gasteiger partial charge in [0.1, 0.15) is 0 Å². The van der Waals surface area contributed by atoms with Crippen LogP contribution in [0.5, 0.6) is 0 Å². The lowest BCUT2D eigenvalue weighted by molar-refractivity contribution is 0.106. The number of likely N-dealkylation sites (tertiary alicyclic amines) is 1. The molecule has 1 amide bonds. The molecule has 2 unspecified atom stereocenters. The summed E-state index contributed by atoms with van der Waals surface area (Å²) >= 11 is 0. The van der Waals surface area contributed by atoms with E-state index in [-0.39, 0.29) is 18.1 Å². The molecule has 0 radical (unpaired) electrons. The van der Waals surface area contributed by atoms with Gasteiger partial charge in [0, 0.05) is 12.5 Å². The topological polar surface area (TPSA) is 49.8 Å². The zero-order valence-electron chi connectivity index (χ0n) is 9.61. The van der Waals surface area contributed by atoms with Gasteiger partial charge in [0.05, 0.1) is 19.3 Å². The first-order valence-corrected chi connectivity index (χ1v) is 5.78. The van der Waals surface area contributed by atoms with Crippen LogP contribution in [0.15, 0.2) is 0 Å². The van der Waals surface area contributed by atoms with Crippen molar-refractivity contribution in [2.45, 2.75) is 39.2 Å². The quantitative estimate of drug-likeness (QED) is 0.775. The molecule has 1 N–H and O–H groups in total. The van der Waals surface area contributed by atoms with Crippen molar-refractivity contribution >= 4 is 6.09 Å². The minimum absolute atomic E-state index is 0.231. The van der Waals surface area contributed by atoms with E-state index < -0.39 is 0 Å². The van der Waals surface area contributed by atoms with Gasteiger partial charge in [0.2, 0.25) is 0 Å². The predicted octanol–water partition coefficient (Wildman–Crippen LogP) is 1.63. The molecule has 0 aromatic rings. The maximum absolute atomic E-state index is 11.4. The summed E-state index contributed by atoms with van der Waals surface area (Å²) < 4.78 is 4.90. The Labute approximate surface area is 91.2 Å². The van der Waals surface area contributed by atoms with E-state index in [1.165, 1.54) is 0 Å². The minimum Gasteiger partial charge on any atom is -0.450 e. The van der Waals surface area contributed by atoms with Gasteiger partial charge in [-0.2, -0.15) is 0 Å². The first-order chi connectivity index (χ1) is 7.19. The molecule has 88 valence electrons. The number of aliphatic hydroxyl groups is 1. The third-order valence-electron chi connectivity index (χ3n) is 2.86. The highest BCUT2D eigenvalue weighted by atomic mass is 16.6. The molecule has 1 saturated heterocycles. The second kappa shape index (κ2) is 5.95. The standard InChI is InChI=1S/C11H21NO3/c1-3-5-6-9-7-12(8-10(9)13)11(14)15-4-2/h9-10,13H,3-8H2,1-2H3. The number of β-amino-alcohol motifs (C(OH)–C–C–N with tert-alkyl or cyclic N) is 1. The summed E-state index contributed by atoms with van der Waals surface area (Å²) in [5.41, 5.74) is 0. The van der Waals surface area contributed by atoms with Crippen molar-refractivity contribution in [3.8, 4) is 0 Å². The Hall–Kier alpha value is -0.770. The fourth-order valence-corrected chi connectivity index (χ4v) is 1.97. The van der Waals surface area contributed by atoms with Gasteiger partial charge in [-0.3, -0.25) is 0 Å². The molecular weight excluding hydrogens is 194 g/mol. The number of nitrogens with zero attached hydrogens (tertiary/aromatic N) is 1. The van der Waals surface area contributed by atoms with Gasteiger partial charge in [-0.15, -0.1) is 0 Å². The van der Waals surface area contributed by atoms with E-state index >= 15 is 0 Å². The average Bonchev–Trinajstić information content (AvgIpc) is 2.57. The molecule has 0 saturated carbocycles. The van der Waals surface area contributed by atoms with Gasteiger partial charge in [0.25, 0.3) is 0 Å². The van der Waals surface area contributed by atoms with Gasteiger partial charge >= 0.3 is 6.09 Å². The number of rotatable bonds is 4. The Morgan fingerprint density at radius 3 is 2.80 bits per heavy atom. The molecule has 4 heteroatoms. The summed E-state index contributed by atoms with van der Waals surface area (Å²) in [4.78, 5) is 13.0. The third kappa shape index (κ3) is 3.38. The first kappa shape index (κ1) is 12.3. The van der Waals surface area contributed by atoms with Crippen LogP contribution in [-0.2, 0) is 4.74 Å². The van der Waals surface area contributed by atoms with E-state index in [0.717, 1.165) is 19.3 Å². The smallest absolute Gasteiger partial charge is 0.409 e. The van der Waals surface area contributed by atoms with Crippen LogP contribution in [0.3, 0.4) is 0 Å². The molecular formula is C11H21NO3. The molecule has 0 aliphatic carbocycles. The lowest BCUT2D eigenvalue weighted by atomic mass is 9.99. The van der Waals surface area contributed by atoms with Crippen molar-refractivity contribution in [1.29, 1.82) is 0 Å². The summed E-state index contributed by atoms with van der Waals surface area (Å²) in [5.74, 6) is 0.231. The molecule has 2 atom stereocenters. The second-order valence-corrected chi connectivity index (χ2v) is 4.07. The Balaban J connectivity index is 2.37. The SMILES string of the molecule is CCCCC1CN(C(=O)OCC)CC1O. The Kier molecular flexibility index (Phi) is 4.88. The number of hydrogen-bond donors (Lipinski definition) is 1. The van der Waals surface area contributed by atoms with Crippen LogP contribution in [0.4, 0.5) is 4.79 Å². The van der Waals surface area contributed by atoms with E-state index in [4.69, 9.17) is 4.74 Å². The number of carbonyl (C=O) groups is 1. The molecule has 1 rings (SSSR count). The van der Waals surface area contributed by atoms with Crippen LogP contribution in [-0.4, -0.2) is 41.9 Å². The Morgan fingerprint density at radius 2 is 2.20 bits per heavy atom. The molecule has 1 heterocycles. The first-order valence-electron chi connectivity index (χ1n) is 5.78. The van der Waals surface area contributed by atoms with Crippen molar-refractivity contribution in [3.63, 3.8) is 0 Å². The monoisotopic (exact) mass is 215 g/mol. The number of ether oxygens (including phenoxy) is 1. The number of hydrogen-bond acceptors (Lipinski definition) is 3. The van der Waals surface area contributed by atoms with Crippen LogP contribution in [0.2, 0.25) is 0 Å². The van der Waals surface area contributed by atoms with Gasteiger partial charge in [-0.25, -0.2) is 4.79 Å². The molecule has 0 aromatic heterocycles. The van der Waals surface area contributed by atoms with Crippen LogP contribution in [0, 0.1) is 5.92 Å². The van der Waals surface area contributed by atoms with Crippen molar-refractivity contribution in [2.75, 3.05) is 19.7 Å². The van der Waals surface area contributed by atoms with Crippen molar-refractivity contribution in [2.24, 2.45) is 5.92 Å². The maximum atomic E-state index is 11.4. The molecule has 0 aromatic carbocycles. The van der Waals surface area contributed by atoms with E-state index in [2.05, 4.69) is 6.92 Å².